The average Bonchev–Trinajstić information content (AvgIpc) is 2.86. The van der Waals surface area contributed by atoms with Crippen LogP contribution in [0.2, 0.25) is 0 Å². The number of carbonyl (C=O) groups is 2. The molecule has 2 N–H and O–H groups in total. The van der Waals surface area contributed by atoms with Gasteiger partial charge in [0.1, 0.15) is 11.9 Å². The van der Waals surface area contributed by atoms with Crippen molar-refractivity contribution in [2.24, 2.45) is 0 Å². The topological polar surface area (TPSA) is 84.9 Å². The van der Waals surface area contributed by atoms with Crippen LogP contribution in [0.4, 0.5) is 10.5 Å². The quantitative estimate of drug-likeness (QED) is 0.160. The molecule has 34 heavy (non-hydrogen) atoms. The Hall–Kier alpha value is -3.71. The molecule has 0 aliphatic heterocycles. The highest BCUT2D eigenvalue weighted by Crippen LogP contribution is 2.35. The molecule has 0 fully saturated rings. The number of carbonyl (C=O) groups excluding carboxylic acids is 2. The third-order valence-corrected chi connectivity index (χ3v) is 5.82. The largest absolute Gasteiger partial charge is 0.507 e. The summed E-state index contributed by atoms with van der Waals surface area (Å²) < 4.78 is 11.0. The van der Waals surface area contributed by atoms with E-state index >= 15 is 0 Å². The second-order valence-corrected chi connectivity index (χ2v) is 8.10. The summed E-state index contributed by atoms with van der Waals surface area (Å²) in [4.78, 5) is 24.4. The molecular weight excluding hydrogens is 450 g/mol. The van der Waals surface area contributed by atoms with Gasteiger partial charge in [0.25, 0.3) is 0 Å². The lowest BCUT2D eigenvalue weighted by atomic mass is 9.97. The number of esters is 1. The summed E-state index contributed by atoms with van der Waals surface area (Å²) in [5.74, 6) is -0.235. The van der Waals surface area contributed by atoms with Crippen LogP contribution in [0.1, 0.15) is 24.5 Å². The first-order chi connectivity index (χ1) is 16.6. The zero-order valence-electron chi connectivity index (χ0n) is 18.4. The van der Waals surface area contributed by atoms with Gasteiger partial charge in [-0.3, -0.25) is 10.1 Å². The first kappa shape index (κ1) is 23.4. The van der Waals surface area contributed by atoms with E-state index in [2.05, 4.69) is 17.9 Å². The molecule has 0 aliphatic rings. The monoisotopic (exact) mass is 475 g/mol. The summed E-state index contributed by atoms with van der Waals surface area (Å²) in [5.41, 5.74) is 1.42. The van der Waals surface area contributed by atoms with Crippen LogP contribution in [-0.4, -0.2) is 29.5 Å². The van der Waals surface area contributed by atoms with Crippen LogP contribution < -0.4 is 5.32 Å². The number of phenolic OH excluding ortho intramolecular Hbond substituents is 1. The molecular formula is C27H25NO5S. The summed E-state index contributed by atoms with van der Waals surface area (Å²) in [6.07, 6.45) is -0.292. The van der Waals surface area contributed by atoms with Crippen molar-refractivity contribution in [3.63, 3.8) is 0 Å². The van der Waals surface area contributed by atoms with Crippen molar-refractivity contribution in [1.82, 2.24) is 0 Å². The van der Waals surface area contributed by atoms with E-state index in [9.17, 15) is 14.7 Å². The summed E-state index contributed by atoms with van der Waals surface area (Å²) in [6, 6.07) is 24.2. The van der Waals surface area contributed by atoms with Crippen LogP contribution in [0.5, 0.6) is 5.75 Å². The van der Waals surface area contributed by atoms with E-state index in [1.54, 1.807) is 12.1 Å². The smallest absolute Gasteiger partial charge is 0.412 e. The van der Waals surface area contributed by atoms with Crippen LogP contribution in [0.3, 0.4) is 0 Å². The van der Waals surface area contributed by atoms with E-state index in [-0.39, 0.29) is 18.1 Å². The number of ether oxygens (including phenoxy) is 2. The zero-order valence-corrected chi connectivity index (χ0v) is 19.3. The number of anilines is 1. The van der Waals surface area contributed by atoms with Gasteiger partial charge >= 0.3 is 12.1 Å². The fourth-order valence-corrected chi connectivity index (χ4v) is 4.06. The Morgan fingerprint density at radius 2 is 1.59 bits per heavy atom. The van der Waals surface area contributed by atoms with Gasteiger partial charge in [-0.15, -0.1) is 0 Å². The zero-order chi connectivity index (χ0) is 23.9. The molecule has 1 atom stereocenters. The van der Waals surface area contributed by atoms with Crippen LogP contribution >= 0.6 is 12.6 Å². The van der Waals surface area contributed by atoms with E-state index in [4.69, 9.17) is 9.47 Å². The number of hydrogen-bond donors (Lipinski definition) is 3. The fraction of sp³-hybridized carbons (Fsp3) is 0.185. The second-order valence-electron chi connectivity index (χ2n) is 7.79. The number of thiol groups is 1. The van der Waals surface area contributed by atoms with Gasteiger partial charge in [0.05, 0.1) is 18.0 Å². The standard InChI is InChI=1S/C27H25NO5S/c29-24-15-14-22(20-10-3-4-11-21(20)24)25(13-6-16-32-26(30)17-34)33-27(31)28-23-12-5-8-18-7-1-2-9-19(18)23/h1-5,7-12,14-15,25,29,34H,6,13,16-17H2,(H,28,31)/t25-/m0/s1. The molecule has 0 aromatic heterocycles. The molecule has 0 bridgehead atoms. The number of amides is 1. The molecule has 0 aliphatic carbocycles. The van der Waals surface area contributed by atoms with Crippen molar-refractivity contribution in [3.8, 4) is 5.75 Å². The van der Waals surface area contributed by atoms with E-state index in [1.807, 2.05) is 66.7 Å². The lowest BCUT2D eigenvalue weighted by Crippen LogP contribution is -2.18. The molecule has 0 radical (unpaired) electrons. The van der Waals surface area contributed by atoms with Gasteiger partial charge in [-0.05, 0) is 35.7 Å². The molecule has 4 aromatic rings. The molecule has 4 aromatic carbocycles. The highest BCUT2D eigenvalue weighted by molar-refractivity contribution is 7.81. The Balaban J connectivity index is 1.57. The first-order valence-corrected chi connectivity index (χ1v) is 11.6. The minimum atomic E-state index is -0.616. The van der Waals surface area contributed by atoms with Gasteiger partial charge in [-0.25, -0.2) is 4.79 Å². The molecule has 0 heterocycles. The molecule has 7 heteroatoms. The SMILES string of the molecule is O=C(CS)OCCC[C@H](OC(=O)Nc1cccc2ccccc12)c1ccc(O)c2ccccc12. The van der Waals surface area contributed by atoms with Crippen LogP contribution in [0.15, 0.2) is 78.9 Å². The van der Waals surface area contributed by atoms with Crippen LogP contribution in [-0.2, 0) is 14.3 Å². The Morgan fingerprint density at radius 3 is 2.38 bits per heavy atom. The van der Waals surface area contributed by atoms with Gasteiger partial charge in [0, 0.05) is 16.3 Å². The predicted molar refractivity (Wildman–Crippen MR) is 136 cm³/mol. The number of rotatable bonds is 8. The lowest BCUT2D eigenvalue weighted by Gasteiger charge is -2.21. The number of benzene rings is 4. The molecule has 1 amide bonds. The van der Waals surface area contributed by atoms with Crippen molar-refractivity contribution < 1.29 is 24.2 Å². The van der Waals surface area contributed by atoms with Gasteiger partial charge in [-0.1, -0.05) is 66.7 Å². The van der Waals surface area contributed by atoms with Gasteiger partial charge in [0.2, 0.25) is 0 Å². The number of phenols is 1. The number of aromatic hydroxyl groups is 1. The Bertz CT molecular complexity index is 1320. The molecule has 4 rings (SSSR count). The highest BCUT2D eigenvalue weighted by atomic mass is 32.1. The number of nitrogens with one attached hydrogen (secondary N) is 1. The maximum Gasteiger partial charge on any atom is 0.412 e. The fourth-order valence-electron chi connectivity index (χ4n) is 3.97. The van der Waals surface area contributed by atoms with Crippen LogP contribution in [0.25, 0.3) is 21.5 Å². The van der Waals surface area contributed by atoms with Crippen molar-refractivity contribution in [2.75, 3.05) is 17.7 Å². The number of fused-ring (bicyclic) bond motifs is 2. The van der Waals surface area contributed by atoms with Gasteiger partial charge in [-0.2, -0.15) is 12.6 Å². The Kier molecular flexibility index (Phi) is 7.54. The van der Waals surface area contributed by atoms with Crippen molar-refractivity contribution in [2.45, 2.75) is 18.9 Å². The number of hydrogen-bond acceptors (Lipinski definition) is 6. The minimum absolute atomic E-state index is 0.00989. The van der Waals surface area contributed by atoms with Crippen molar-refractivity contribution in [3.05, 3.63) is 84.4 Å². The maximum absolute atomic E-state index is 13.0. The van der Waals surface area contributed by atoms with Gasteiger partial charge < -0.3 is 14.6 Å². The summed E-state index contributed by atoms with van der Waals surface area (Å²) in [5, 5.41) is 16.5. The third-order valence-electron chi connectivity index (χ3n) is 5.56. The van der Waals surface area contributed by atoms with Crippen LogP contribution in [0, 0.1) is 0 Å². The summed E-state index contributed by atoms with van der Waals surface area (Å²) >= 11 is 3.91. The molecule has 0 saturated heterocycles. The Morgan fingerprint density at radius 1 is 0.882 bits per heavy atom. The van der Waals surface area contributed by atoms with E-state index in [0.29, 0.717) is 23.9 Å². The first-order valence-electron chi connectivity index (χ1n) is 11.0. The Labute approximate surface area is 202 Å². The van der Waals surface area contributed by atoms with E-state index in [1.165, 1.54) is 0 Å². The molecule has 0 unspecified atom stereocenters. The predicted octanol–water partition coefficient (Wildman–Crippen LogP) is 6.24. The van der Waals surface area contributed by atoms with E-state index < -0.39 is 18.2 Å². The van der Waals surface area contributed by atoms with Crippen molar-refractivity contribution in [1.29, 1.82) is 0 Å². The van der Waals surface area contributed by atoms with E-state index in [0.717, 1.165) is 21.7 Å². The van der Waals surface area contributed by atoms with Gasteiger partial charge in [0.15, 0.2) is 0 Å². The lowest BCUT2D eigenvalue weighted by molar-refractivity contribution is -0.140. The average molecular weight is 476 g/mol. The summed E-state index contributed by atoms with van der Waals surface area (Å²) in [6.45, 7) is 0.195. The molecule has 0 spiro atoms. The summed E-state index contributed by atoms with van der Waals surface area (Å²) in [7, 11) is 0. The van der Waals surface area contributed by atoms with Crippen molar-refractivity contribution >= 4 is 51.9 Å². The molecule has 0 saturated carbocycles. The second kappa shape index (κ2) is 10.9. The highest BCUT2D eigenvalue weighted by Gasteiger charge is 2.21. The minimum Gasteiger partial charge on any atom is -0.507 e. The third kappa shape index (κ3) is 5.43. The molecule has 174 valence electrons. The molecule has 6 nitrogen and oxygen atoms in total. The normalized spacial score (nSPS) is 11.8. The maximum atomic E-state index is 13.0.